The number of hydrogen-bond acceptors (Lipinski definition) is 2. The highest BCUT2D eigenvalue weighted by atomic mass is 79.9. The van der Waals surface area contributed by atoms with Crippen molar-refractivity contribution in [3.8, 4) is 0 Å². The summed E-state index contributed by atoms with van der Waals surface area (Å²) in [6, 6.07) is 1.34. The number of pyridine rings is 1. The van der Waals surface area contributed by atoms with Crippen LogP contribution < -0.4 is 10.7 Å². The van der Waals surface area contributed by atoms with Crippen LogP contribution in [0.25, 0.3) is 0 Å². The molecule has 2 N–H and O–H groups in total. The van der Waals surface area contributed by atoms with Crippen LogP contribution in [0, 0.1) is 0 Å². The summed E-state index contributed by atoms with van der Waals surface area (Å²) in [7, 11) is 0. The Bertz CT molecular complexity index is 426. The summed E-state index contributed by atoms with van der Waals surface area (Å²) >= 11 is 3.33. The average molecular weight is 287 g/mol. The van der Waals surface area contributed by atoms with E-state index in [-0.39, 0.29) is 22.4 Å². The lowest BCUT2D eigenvalue weighted by Gasteiger charge is -2.25. The Labute approximate surface area is 103 Å². The summed E-state index contributed by atoms with van der Waals surface area (Å²) < 4.78 is 0. The van der Waals surface area contributed by atoms with Gasteiger partial charge in [0, 0.05) is 29.3 Å². The number of aromatic nitrogens is 1. The molecule has 0 aromatic carbocycles. The molecule has 1 amide bonds. The fraction of sp³-hybridized carbons (Fsp3) is 0.455. The largest absolute Gasteiger partial charge is 0.367 e. The van der Waals surface area contributed by atoms with E-state index >= 15 is 0 Å². The Morgan fingerprint density at radius 2 is 2.25 bits per heavy atom. The Hall–Kier alpha value is -1.10. The molecule has 0 aliphatic heterocycles. The molecule has 0 saturated heterocycles. The normalized spacial score (nSPS) is 11.2. The van der Waals surface area contributed by atoms with Gasteiger partial charge in [-0.3, -0.25) is 9.59 Å². The number of H-pyrrole nitrogens is 1. The molecule has 0 aliphatic carbocycles. The number of nitrogens with one attached hydrogen (secondary N) is 2. The van der Waals surface area contributed by atoms with Crippen molar-refractivity contribution in [1.82, 2.24) is 10.3 Å². The highest BCUT2D eigenvalue weighted by Gasteiger charge is 2.21. The SMILES string of the molecule is CC(C)(CCBr)NC(=O)c1c[nH]ccc1=O. The van der Waals surface area contributed by atoms with Crippen molar-refractivity contribution in [2.45, 2.75) is 25.8 Å². The lowest BCUT2D eigenvalue weighted by molar-refractivity contribution is 0.0910. The summed E-state index contributed by atoms with van der Waals surface area (Å²) in [5, 5.41) is 3.62. The van der Waals surface area contributed by atoms with Gasteiger partial charge in [-0.25, -0.2) is 0 Å². The molecule has 0 aliphatic rings. The molecule has 88 valence electrons. The molecule has 0 unspecified atom stereocenters. The van der Waals surface area contributed by atoms with Gasteiger partial charge in [-0.1, -0.05) is 15.9 Å². The first-order valence-electron chi connectivity index (χ1n) is 5.02. The Kier molecular flexibility index (Phi) is 4.29. The second kappa shape index (κ2) is 5.30. The molecule has 0 spiro atoms. The number of aromatic amines is 1. The quantitative estimate of drug-likeness (QED) is 0.827. The smallest absolute Gasteiger partial charge is 0.257 e. The number of alkyl halides is 1. The monoisotopic (exact) mass is 286 g/mol. The number of halogens is 1. The van der Waals surface area contributed by atoms with E-state index in [0.717, 1.165) is 11.8 Å². The lowest BCUT2D eigenvalue weighted by atomic mass is 10.0. The highest BCUT2D eigenvalue weighted by molar-refractivity contribution is 9.09. The molecule has 0 saturated carbocycles. The van der Waals surface area contributed by atoms with Crippen molar-refractivity contribution < 1.29 is 4.79 Å². The minimum absolute atomic E-state index is 0.144. The van der Waals surface area contributed by atoms with Crippen LogP contribution in [0.4, 0.5) is 0 Å². The molecule has 1 heterocycles. The topological polar surface area (TPSA) is 62.0 Å². The van der Waals surface area contributed by atoms with Crippen LogP contribution in [0.3, 0.4) is 0 Å². The van der Waals surface area contributed by atoms with Crippen molar-refractivity contribution in [3.63, 3.8) is 0 Å². The lowest BCUT2D eigenvalue weighted by Crippen LogP contribution is -2.45. The minimum Gasteiger partial charge on any atom is -0.367 e. The van der Waals surface area contributed by atoms with Crippen LogP contribution in [0.5, 0.6) is 0 Å². The summed E-state index contributed by atoms with van der Waals surface area (Å²) in [5.41, 5.74) is -0.459. The molecule has 0 atom stereocenters. The molecule has 1 aromatic rings. The van der Waals surface area contributed by atoms with Crippen LogP contribution in [-0.2, 0) is 0 Å². The van der Waals surface area contributed by atoms with Crippen LogP contribution in [-0.4, -0.2) is 21.8 Å². The number of carbonyl (C=O) groups is 1. The third kappa shape index (κ3) is 3.48. The van der Waals surface area contributed by atoms with E-state index in [1.165, 1.54) is 18.5 Å². The van der Waals surface area contributed by atoms with Gasteiger partial charge in [0.15, 0.2) is 5.43 Å². The van der Waals surface area contributed by atoms with Gasteiger partial charge in [0.1, 0.15) is 5.56 Å². The van der Waals surface area contributed by atoms with Crippen molar-refractivity contribution >= 4 is 21.8 Å². The molecule has 4 nitrogen and oxygen atoms in total. The van der Waals surface area contributed by atoms with E-state index < -0.39 is 0 Å². The minimum atomic E-state index is -0.340. The first-order valence-corrected chi connectivity index (χ1v) is 6.14. The molecule has 1 aromatic heterocycles. The summed E-state index contributed by atoms with van der Waals surface area (Å²) in [6.45, 7) is 3.84. The molecular weight excluding hydrogens is 272 g/mol. The van der Waals surface area contributed by atoms with Crippen molar-refractivity contribution in [1.29, 1.82) is 0 Å². The van der Waals surface area contributed by atoms with Crippen molar-refractivity contribution in [3.05, 3.63) is 34.2 Å². The fourth-order valence-electron chi connectivity index (χ4n) is 1.27. The number of rotatable bonds is 4. The second-order valence-electron chi connectivity index (χ2n) is 4.20. The van der Waals surface area contributed by atoms with Crippen LogP contribution in [0.15, 0.2) is 23.3 Å². The summed E-state index contributed by atoms with van der Waals surface area (Å²) in [5.74, 6) is -0.340. The molecule has 5 heteroatoms. The van der Waals surface area contributed by atoms with Gasteiger partial charge in [-0.2, -0.15) is 0 Å². The molecule has 16 heavy (non-hydrogen) atoms. The van der Waals surface area contributed by atoms with Gasteiger partial charge in [-0.15, -0.1) is 0 Å². The zero-order valence-electron chi connectivity index (χ0n) is 9.34. The molecular formula is C11H15BrN2O2. The first-order chi connectivity index (χ1) is 7.46. The Balaban J connectivity index is 2.81. The van der Waals surface area contributed by atoms with Gasteiger partial charge in [0.2, 0.25) is 0 Å². The van der Waals surface area contributed by atoms with Gasteiger partial charge in [0.25, 0.3) is 5.91 Å². The van der Waals surface area contributed by atoms with Gasteiger partial charge in [-0.05, 0) is 20.3 Å². The maximum atomic E-state index is 11.8. The van der Waals surface area contributed by atoms with Crippen molar-refractivity contribution in [2.24, 2.45) is 0 Å². The number of hydrogen-bond donors (Lipinski definition) is 2. The number of carbonyl (C=O) groups excluding carboxylic acids is 1. The van der Waals surface area contributed by atoms with Crippen LogP contribution >= 0.6 is 15.9 Å². The maximum Gasteiger partial charge on any atom is 0.257 e. The summed E-state index contributed by atoms with van der Waals surface area (Å²) in [6.07, 6.45) is 3.72. The average Bonchev–Trinajstić information content (AvgIpc) is 2.17. The van der Waals surface area contributed by atoms with E-state index in [1.807, 2.05) is 13.8 Å². The van der Waals surface area contributed by atoms with Gasteiger partial charge < -0.3 is 10.3 Å². The van der Waals surface area contributed by atoms with E-state index in [0.29, 0.717) is 0 Å². The van der Waals surface area contributed by atoms with Gasteiger partial charge >= 0.3 is 0 Å². The fourth-order valence-corrected chi connectivity index (χ4v) is 2.26. The third-order valence-corrected chi connectivity index (χ3v) is 2.64. The first kappa shape index (κ1) is 13.0. The van der Waals surface area contributed by atoms with Crippen LogP contribution in [0.2, 0.25) is 0 Å². The van der Waals surface area contributed by atoms with E-state index in [2.05, 4.69) is 26.2 Å². The number of amides is 1. The maximum absolute atomic E-state index is 11.8. The van der Waals surface area contributed by atoms with E-state index in [4.69, 9.17) is 0 Å². The molecule has 1 rings (SSSR count). The zero-order chi connectivity index (χ0) is 12.2. The van der Waals surface area contributed by atoms with E-state index in [9.17, 15) is 9.59 Å². The van der Waals surface area contributed by atoms with Crippen molar-refractivity contribution in [2.75, 3.05) is 5.33 Å². The standard InChI is InChI=1S/C11H15BrN2O2/c1-11(2,4-5-12)14-10(16)8-7-13-6-3-9(8)15/h3,6-7H,4-5H2,1-2H3,(H,13,15)(H,14,16). The Morgan fingerprint density at radius 1 is 1.56 bits per heavy atom. The summed E-state index contributed by atoms with van der Waals surface area (Å²) in [4.78, 5) is 26.0. The molecule has 0 bridgehead atoms. The molecule has 0 radical (unpaired) electrons. The molecule has 0 fully saturated rings. The van der Waals surface area contributed by atoms with Crippen LogP contribution in [0.1, 0.15) is 30.6 Å². The second-order valence-corrected chi connectivity index (χ2v) is 4.99. The zero-order valence-corrected chi connectivity index (χ0v) is 10.9. The Morgan fingerprint density at radius 3 is 2.81 bits per heavy atom. The highest BCUT2D eigenvalue weighted by Crippen LogP contribution is 2.10. The predicted molar refractivity (Wildman–Crippen MR) is 67.0 cm³/mol. The third-order valence-electron chi connectivity index (χ3n) is 2.24. The van der Waals surface area contributed by atoms with Gasteiger partial charge in [0.05, 0.1) is 0 Å². The van der Waals surface area contributed by atoms with E-state index in [1.54, 1.807) is 0 Å². The predicted octanol–water partition coefficient (Wildman–Crippen LogP) is 1.67.